The van der Waals surface area contributed by atoms with Gasteiger partial charge in [0.2, 0.25) is 0 Å². The average Bonchev–Trinajstić information content (AvgIpc) is 3.14. The van der Waals surface area contributed by atoms with Crippen molar-refractivity contribution in [3.8, 4) is 0 Å². The maximum Gasteiger partial charge on any atom is 0.0348 e. The van der Waals surface area contributed by atoms with Gasteiger partial charge in [0.15, 0.2) is 0 Å². The summed E-state index contributed by atoms with van der Waals surface area (Å²) in [5, 5.41) is 0. The molecule has 16 heavy (non-hydrogen) atoms. The van der Waals surface area contributed by atoms with E-state index in [1.54, 1.807) is 0 Å². The van der Waals surface area contributed by atoms with E-state index in [0.717, 1.165) is 19.1 Å². The van der Waals surface area contributed by atoms with E-state index in [0.29, 0.717) is 6.04 Å². The highest BCUT2D eigenvalue weighted by Crippen LogP contribution is 2.35. The van der Waals surface area contributed by atoms with E-state index in [-0.39, 0.29) is 0 Å². The molecule has 0 aromatic heterocycles. The second-order valence-electron chi connectivity index (χ2n) is 4.59. The molecule has 0 heterocycles. The molecule has 1 aromatic carbocycles. The standard InChI is InChI=1S/C14H22N2/c1-2-14(12-6-4-3-5-7-12)16(11-10-15)13-8-9-13/h3-7,13-14H,2,8-11,15H2,1H3/t14-/m1/s1. The quantitative estimate of drug-likeness (QED) is 0.795. The van der Waals surface area contributed by atoms with E-state index in [9.17, 15) is 0 Å². The summed E-state index contributed by atoms with van der Waals surface area (Å²) in [6, 6.07) is 12.2. The Kier molecular flexibility index (Phi) is 3.97. The second-order valence-corrected chi connectivity index (χ2v) is 4.59. The molecule has 2 nitrogen and oxygen atoms in total. The van der Waals surface area contributed by atoms with Crippen molar-refractivity contribution >= 4 is 0 Å². The second kappa shape index (κ2) is 5.46. The molecule has 0 unspecified atom stereocenters. The van der Waals surface area contributed by atoms with Crippen LogP contribution in [0, 0.1) is 0 Å². The Hall–Kier alpha value is -0.860. The summed E-state index contributed by atoms with van der Waals surface area (Å²) < 4.78 is 0. The van der Waals surface area contributed by atoms with E-state index in [1.807, 2.05) is 0 Å². The van der Waals surface area contributed by atoms with Crippen LogP contribution in [0.1, 0.15) is 37.8 Å². The van der Waals surface area contributed by atoms with Gasteiger partial charge in [0.05, 0.1) is 0 Å². The maximum absolute atomic E-state index is 5.72. The molecule has 0 radical (unpaired) electrons. The molecule has 1 aromatic rings. The van der Waals surface area contributed by atoms with Crippen molar-refractivity contribution in [3.05, 3.63) is 35.9 Å². The maximum atomic E-state index is 5.72. The van der Waals surface area contributed by atoms with Crippen LogP contribution in [0.3, 0.4) is 0 Å². The molecule has 1 saturated carbocycles. The van der Waals surface area contributed by atoms with Crippen LogP contribution in [0.25, 0.3) is 0 Å². The predicted molar refractivity (Wildman–Crippen MR) is 68.3 cm³/mol. The van der Waals surface area contributed by atoms with Crippen molar-refractivity contribution < 1.29 is 0 Å². The zero-order valence-electron chi connectivity index (χ0n) is 10.1. The summed E-state index contributed by atoms with van der Waals surface area (Å²) >= 11 is 0. The Morgan fingerprint density at radius 1 is 1.31 bits per heavy atom. The predicted octanol–water partition coefficient (Wildman–Crippen LogP) is 2.56. The van der Waals surface area contributed by atoms with Gasteiger partial charge in [0.25, 0.3) is 0 Å². The molecule has 1 aliphatic rings. The number of nitrogens with zero attached hydrogens (tertiary/aromatic N) is 1. The molecule has 1 atom stereocenters. The van der Waals surface area contributed by atoms with Crippen molar-refractivity contribution in [2.75, 3.05) is 13.1 Å². The van der Waals surface area contributed by atoms with Crippen LogP contribution in [0.4, 0.5) is 0 Å². The average molecular weight is 218 g/mol. The first kappa shape index (κ1) is 11.6. The van der Waals surface area contributed by atoms with Crippen LogP contribution >= 0.6 is 0 Å². The topological polar surface area (TPSA) is 29.3 Å². The minimum absolute atomic E-state index is 0.553. The molecule has 2 heteroatoms. The van der Waals surface area contributed by atoms with Crippen molar-refractivity contribution in [2.45, 2.75) is 38.3 Å². The summed E-state index contributed by atoms with van der Waals surface area (Å²) in [5.41, 5.74) is 7.16. The Balaban J connectivity index is 2.13. The number of benzene rings is 1. The van der Waals surface area contributed by atoms with Gasteiger partial charge in [0.1, 0.15) is 0 Å². The van der Waals surface area contributed by atoms with Crippen molar-refractivity contribution in [3.63, 3.8) is 0 Å². The van der Waals surface area contributed by atoms with Gasteiger partial charge in [0, 0.05) is 25.2 Å². The first-order valence-electron chi connectivity index (χ1n) is 6.37. The van der Waals surface area contributed by atoms with E-state index in [4.69, 9.17) is 5.73 Å². The zero-order valence-corrected chi connectivity index (χ0v) is 10.1. The van der Waals surface area contributed by atoms with Crippen LogP contribution in [-0.4, -0.2) is 24.0 Å². The molecular weight excluding hydrogens is 196 g/mol. The van der Waals surface area contributed by atoms with Crippen molar-refractivity contribution in [2.24, 2.45) is 5.73 Å². The fourth-order valence-corrected chi connectivity index (χ4v) is 2.49. The molecule has 2 N–H and O–H groups in total. The minimum Gasteiger partial charge on any atom is -0.329 e. The normalized spacial score (nSPS) is 17.7. The number of rotatable bonds is 6. The van der Waals surface area contributed by atoms with Gasteiger partial charge in [-0.25, -0.2) is 0 Å². The molecule has 88 valence electrons. The molecule has 0 aliphatic heterocycles. The third kappa shape index (κ3) is 2.63. The summed E-state index contributed by atoms with van der Waals surface area (Å²) in [5.74, 6) is 0. The van der Waals surface area contributed by atoms with Crippen LogP contribution in [-0.2, 0) is 0 Å². The Morgan fingerprint density at radius 2 is 2.00 bits per heavy atom. The first-order chi connectivity index (χ1) is 7.86. The number of hydrogen-bond acceptors (Lipinski definition) is 2. The largest absolute Gasteiger partial charge is 0.329 e. The third-order valence-corrected chi connectivity index (χ3v) is 3.37. The van der Waals surface area contributed by atoms with Crippen molar-refractivity contribution in [1.29, 1.82) is 0 Å². The van der Waals surface area contributed by atoms with E-state index in [2.05, 4.69) is 42.2 Å². The SMILES string of the molecule is CC[C@H](c1ccccc1)N(CCN)C1CC1. The fourth-order valence-electron chi connectivity index (χ4n) is 2.49. The van der Waals surface area contributed by atoms with Crippen LogP contribution in [0.2, 0.25) is 0 Å². The number of hydrogen-bond donors (Lipinski definition) is 1. The molecule has 1 fully saturated rings. The Morgan fingerprint density at radius 3 is 2.50 bits per heavy atom. The van der Waals surface area contributed by atoms with E-state index in [1.165, 1.54) is 24.8 Å². The summed E-state index contributed by atoms with van der Waals surface area (Å²) in [6.45, 7) is 4.06. The highest BCUT2D eigenvalue weighted by molar-refractivity contribution is 5.19. The monoisotopic (exact) mass is 218 g/mol. The Labute approximate surface area is 98.4 Å². The summed E-state index contributed by atoms with van der Waals surface area (Å²) in [4.78, 5) is 2.59. The smallest absolute Gasteiger partial charge is 0.0348 e. The first-order valence-corrected chi connectivity index (χ1v) is 6.37. The lowest BCUT2D eigenvalue weighted by Crippen LogP contribution is -2.35. The van der Waals surface area contributed by atoms with Gasteiger partial charge >= 0.3 is 0 Å². The lowest BCUT2D eigenvalue weighted by atomic mass is 10.0. The molecule has 0 bridgehead atoms. The van der Waals surface area contributed by atoms with Crippen LogP contribution in [0.15, 0.2) is 30.3 Å². The van der Waals surface area contributed by atoms with Crippen molar-refractivity contribution in [1.82, 2.24) is 4.90 Å². The van der Waals surface area contributed by atoms with Gasteiger partial charge in [-0.3, -0.25) is 4.90 Å². The van der Waals surface area contributed by atoms with E-state index < -0.39 is 0 Å². The molecule has 0 spiro atoms. The lowest BCUT2D eigenvalue weighted by Gasteiger charge is -2.31. The van der Waals surface area contributed by atoms with Gasteiger partial charge in [-0.15, -0.1) is 0 Å². The molecule has 2 rings (SSSR count). The molecular formula is C14H22N2. The Bertz CT molecular complexity index is 306. The molecule has 1 aliphatic carbocycles. The molecule has 0 saturated heterocycles. The minimum atomic E-state index is 0.553. The fraction of sp³-hybridized carbons (Fsp3) is 0.571. The van der Waals surface area contributed by atoms with Crippen LogP contribution in [0.5, 0.6) is 0 Å². The van der Waals surface area contributed by atoms with Gasteiger partial charge in [-0.1, -0.05) is 37.3 Å². The highest BCUT2D eigenvalue weighted by Gasteiger charge is 2.33. The number of nitrogens with two attached hydrogens (primary N) is 1. The summed E-state index contributed by atoms with van der Waals surface area (Å²) in [6.07, 6.45) is 3.87. The third-order valence-electron chi connectivity index (χ3n) is 3.37. The van der Waals surface area contributed by atoms with E-state index >= 15 is 0 Å². The van der Waals surface area contributed by atoms with Crippen LogP contribution < -0.4 is 5.73 Å². The highest BCUT2D eigenvalue weighted by atomic mass is 15.2. The summed E-state index contributed by atoms with van der Waals surface area (Å²) in [7, 11) is 0. The van der Waals surface area contributed by atoms with Gasteiger partial charge < -0.3 is 5.73 Å². The van der Waals surface area contributed by atoms with Gasteiger partial charge in [-0.05, 0) is 24.8 Å². The zero-order chi connectivity index (χ0) is 11.4. The molecule has 0 amide bonds. The van der Waals surface area contributed by atoms with Gasteiger partial charge in [-0.2, -0.15) is 0 Å². The lowest BCUT2D eigenvalue weighted by molar-refractivity contribution is 0.187.